The predicted octanol–water partition coefficient (Wildman–Crippen LogP) is 4.63. The zero-order valence-electron chi connectivity index (χ0n) is 11.9. The van der Waals surface area contributed by atoms with Crippen molar-refractivity contribution in [3.05, 3.63) is 29.6 Å². The van der Waals surface area contributed by atoms with Crippen molar-refractivity contribution >= 4 is 27.1 Å². The lowest BCUT2D eigenvalue weighted by Gasteiger charge is -2.27. The summed E-state index contributed by atoms with van der Waals surface area (Å²) in [5.41, 5.74) is 1.92. The Morgan fingerprint density at radius 3 is 2.53 bits per heavy atom. The van der Waals surface area contributed by atoms with Gasteiger partial charge in [-0.15, -0.1) is 11.3 Å². The van der Waals surface area contributed by atoms with Crippen molar-refractivity contribution in [3.63, 3.8) is 0 Å². The van der Waals surface area contributed by atoms with E-state index in [0.29, 0.717) is 5.41 Å². The number of fused-ring (bicyclic) bond motifs is 2. The second-order valence-corrected chi connectivity index (χ2v) is 8.21. The maximum Gasteiger partial charge on any atom is 0.0380 e. The first-order valence-electron chi connectivity index (χ1n) is 7.26. The van der Waals surface area contributed by atoms with Crippen LogP contribution in [0, 0.1) is 23.2 Å². The first-order valence-corrected chi connectivity index (χ1v) is 8.14. The highest BCUT2D eigenvalue weighted by atomic mass is 32.1. The van der Waals surface area contributed by atoms with Crippen LogP contribution < -0.4 is 4.90 Å². The summed E-state index contributed by atoms with van der Waals surface area (Å²) in [5.74, 6) is 2.84. The van der Waals surface area contributed by atoms with E-state index in [0.717, 1.165) is 17.8 Å². The summed E-state index contributed by atoms with van der Waals surface area (Å²) >= 11 is 1.85. The minimum absolute atomic E-state index is 0.499. The van der Waals surface area contributed by atoms with Gasteiger partial charge in [0.05, 0.1) is 0 Å². The van der Waals surface area contributed by atoms with Gasteiger partial charge in [-0.3, -0.25) is 0 Å². The number of thiophene rings is 1. The van der Waals surface area contributed by atoms with E-state index < -0.39 is 0 Å². The number of hydrogen-bond donors (Lipinski definition) is 0. The number of hydrogen-bond acceptors (Lipinski definition) is 2. The molecular weight excluding hydrogens is 250 g/mol. The minimum atomic E-state index is 0.499. The van der Waals surface area contributed by atoms with Crippen LogP contribution in [-0.4, -0.2) is 13.1 Å². The summed E-state index contributed by atoms with van der Waals surface area (Å²) in [5, 5.41) is 3.57. The van der Waals surface area contributed by atoms with Crippen molar-refractivity contribution in [1.82, 2.24) is 0 Å². The van der Waals surface area contributed by atoms with E-state index in [-0.39, 0.29) is 0 Å². The Morgan fingerprint density at radius 1 is 1.11 bits per heavy atom. The van der Waals surface area contributed by atoms with Gasteiger partial charge in [-0.1, -0.05) is 26.8 Å². The lowest BCUT2D eigenvalue weighted by atomic mass is 9.87. The van der Waals surface area contributed by atoms with E-state index >= 15 is 0 Å². The van der Waals surface area contributed by atoms with Crippen LogP contribution >= 0.6 is 11.3 Å². The van der Waals surface area contributed by atoms with Crippen molar-refractivity contribution in [1.29, 1.82) is 0 Å². The fourth-order valence-electron chi connectivity index (χ4n) is 4.16. The molecule has 0 radical (unpaired) electrons. The number of benzene rings is 1. The maximum absolute atomic E-state index is 2.59. The van der Waals surface area contributed by atoms with Crippen LogP contribution in [0.2, 0.25) is 0 Å². The van der Waals surface area contributed by atoms with Crippen LogP contribution in [0.25, 0.3) is 10.1 Å². The van der Waals surface area contributed by atoms with Crippen molar-refractivity contribution in [3.8, 4) is 0 Å². The van der Waals surface area contributed by atoms with Crippen molar-refractivity contribution in [2.75, 3.05) is 18.0 Å². The van der Waals surface area contributed by atoms with Gasteiger partial charge in [0.25, 0.3) is 0 Å². The normalized spacial score (nSPS) is 29.8. The summed E-state index contributed by atoms with van der Waals surface area (Å²) in [4.78, 5) is 2.59. The van der Waals surface area contributed by atoms with Crippen LogP contribution in [0.15, 0.2) is 29.6 Å². The van der Waals surface area contributed by atoms with Gasteiger partial charge in [-0.05, 0) is 52.1 Å². The zero-order valence-corrected chi connectivity index (χ0v) is 12.7. The van der Waals surface area contributed by atoms with Gasteiger partial charge in [-0.25, -0.2) is 0 Å². The molecule has 1 aromatic carbocycles. The molecule has 2 unspecified atom stereocenters. The molecule has 2 atom stereocenters. The zero-order chi connectivity index (χ0) is 13.2. The summed E-state index contributed by atoms with van der Waals surface area (Å²) in [7, 11) is 0. The van der Waals surface area contributed by atoms with Crippen molar-refractivity contribution in [2.24, 2.45) is 23.2 Å². The third-order valence-corrected chi connectivity index (χ3v) is 5.88. The molecule has 2 heterocycles. The van der Waals surface area contributed by atoms with E-state index in [2.05, 4.69) is 55.3 Å². The fraction of sp³-hybridized carbons (Fsp3) is 0.529. The number of anilines is 1. The molecule has 0 amide bonds. The van der Waals surface area contributed by atoms with E-state index in [9.17, 15) is 0 Å². The second-order valence-electron chi connectivity index (χ2n) is 7.27. The Bertz CT molecular complexity index is 609. The molecule has 1 saturated heterocycles. The average Bonchev–Trinajstić information content (AvgIpc) is 2.77. The van der Waals surface area contributed by atoms with Crippen LogP contribution in [0.4, 0.5) is 5.69 Å². The molecule has 100 valence electrons. The minimum Gasteiger partial charge on any atom is -0.371 e. The third-order valence-electron chi connectivity index (χ3n) is 5.00. The molecule has 1 aromatic heterocycles. The van der Waals surface area contributed by atoms with Gasteiger partial charge in [0.15, 0.2) is 0 Å². The van der Waals surface area contributed by atoms with Gasteiger partial charge in [0, 0.05) is 23.5 Å². The molecule has 1 aliphatic heterocycles. The first kappa shape index (κ1) is 11.8. The van der Waals surface area contributed by atoms with Gasteiger partial charge >= 0.3 is 0 Å². The molecule has 2 fully saturated rings. The maximum atomic E-state index is 2.59. The number of rotatable bonds is 1. The molecule has 0 N–H and O–H groups in total. The molecule has 0 bridgehead atoms. The molecule has 1 nitrogen and oxygen atoms in total. The number of piperidine rings is 1. The molecule has 4 rings (SSSR count). The smallest absolute Gasteiger partial charge is 0.0380 e. The quantitative estimate of drug-likeness (QED) is 0.731. The Kier molecular flexibility index (Phi) is 2.33. The number of nitrogens with zero attached hydrogens (tertiary/aromatic N) is 1. The van der Waals surface area contributed by atoms with Crippen LogP contribution in [0.3, 0.4) is 0 Å². The highest BCUT2D eigenvalue weighted by molar-refractivity contribution is 7.17. The van der Waals surface area contributed by atoms with Crippen molar-refractivity contribution < 1.29 is 0 Å². The Balaban J connectivity index is 1.54. The van der Waals surface area contributed by atoms with Crippen LogP contribution in [-0.2, 0) is 0 Å². The molecule has 2 heteroatoms. The molecule has 0 spiro atoms. The highest BCUT2D eigenvalue weighted by Gasteiger charge is 2.59. The molecule has 1 aliphatic carbocycles. The molecule has 2 aliphatic rings. The third kappa shape index (κ3) is 1.80. The molecule has 1 saturated carbocycles. The Hall–Kier alpha value is -1.02. The predicted molar refractivity (Wildman–Crippen MR) is 84.0 cm³/mol. The van der Waals surface area contributed by atoms with Crippen LogP contribution in [0.5, 0.6) is 0 Å². The van der Waals surface area contributed by atoms with Gasteiger partial charge in [-0.2, -0.15) is 0 Å². The Morgan fingerprint density at radius 2 is 1.84 bits per heavy atom. The van der Waals surface area contributed by atoms with Gasteiger partial charge < -0.3 is 4.90 Å². The van der Waals surface area contributed by atoms with Crippen molar-refractivity contribution in [2.45, 2.75) is 20.8 Å². The summed E-state index contributed by atoms with van der Waals surface area (Å²) in [6.07, 6.45) is 0. The SMILES string of the molecule is CC(C)(C)C1C2CN(c3ccc4ccsc4c3)CC21. The standard InChI is InChI=1S/C17H21NS/c1-17(2,3)16-13-9-18(10-14(13)16)12-5-4-11-6-7-19-15(11)8-12/h4-8,13-14,16H,9-10H2,1-3H3. The van der Waals surface area contributed by atoms with Crippen LogP contribution in [0.1, 0.15) is 20.8 Å². The first-order chi connectivity index (χ1) is 9.04. The van der Waals surface area contributed by atoms with E-state index in [1.54, 1.807) is 0 Å². The van der Waals surface area contributed by atoms with Gasteiger partial charge in [0.2, 0.25) is 0 Å². The molecule has 2 aromatic rings. The monoisotopic (exact) mass is 271 g/mol. The average molecular weight is 271 g/mol. The largest absolute Gasteiger partial charge is 0.371 e. The Labute approximate surface area is 119 Å². The summed E-state index contributed by atoms with van der Waals surface area (Å²) in [6.45, 7) is 9.74. The second kappa shape index (κ2) is 3.76. The van der Waals surface area contributed by atoms with E-state index in [1.165, 1.54) is 28.9 Å². The van der Waals surface area contributed by atoms with E-state index in [1.807, 2.05) is 11.3 Å². The highest BCUT2D eigenvalue weighted by Crippen LogP contribution is 2.60. The topological polar surface area (TPSA) is 3.24 Å². The summed E-state index contributed by atoms with van der Waals surface area (Å²) < 4.78 is 1.42. The lowest BCUT2D eigenvalue weighted by molar-refractivity contribution is 0.309. The summed E-state index contributed by atoms with van der Waals surface area (Å²) in [6, 6.07) is 9.15. The fourth-order valence-corrected chi connectivity index (χ4v) is 4.98. The van der Waals surface area contributed by atoms with E-state index in [4.69, 9.17) is 0 Å². The molecular formula is C17H21NS. The van der Waals surface area contributed by atoms with Gasteiger partial charge in [0.1, 0.15) is 0 Å². The molecule has 19 heavy (non-hydrogen) atoms. The lowest BCUT2D eigenvalue weighted by Crippen LogP contribution is -2.27.